The Morgan fingerprint density at radius 2 is 1.90 bits per heavy atom. The van der Waals surface area contributed by atoms with Crippen molar-refractivity contribution in [3.05, 3.63) is 52.8 Å². The fourth-order valence-electron chi connectivity index (χ4n) is 6.77. The summed E-state index contributed by atoms with van der Waals surface area (Å²) in [7, 11) is 0. The first kappa shape index (κ1) is 30.4. The van der Waals surface area contributed by atoms with E-state index in [4.69, 9.17) is 4.74 Å². The second-order valence-corrected chi connectivity index (χ2v) is 12.4. The standard InChI is InChI=1S/C33H45FN4O4/c1-5-38(26-8-10-42-11-9-26)31-15-25(23-6-7-24(30(34)14-23)17-37-18-27(39)19-37)13-28(22(31)4)32(40)35-16-29-20(2)12-21(3)36-33(29)41/h6-7,13-15,20-21,26-27,29,39H,5,8-12,16-19H2,1-4H3,(H,35,40)(H,36,41). The van der Waals surface area contributed by atoms with Gasteiger partial charge in [0.2, 0.25) is 5.91 Å². The normalized spacial score (nSPS) is 23.8. The Hall–Kier alpha value is -3.01. The summed E-state index contributed by atoms with van der Waals surface area (Å²) in [5.41, 5.74) is 4.42. The van der Waals surface area contributed by atoms with E-state index in [0.717, 1.165) is 42.6 Å². The Labute approximate surface area is 248 Å². The number of β-amino-alcohol motifs (C(OH)–C–C–N with tert-alkyl or cyclic N) is 1. The van der Waals surface area contributed by atoms with Gasteiger partial charge in [0.1, 0.15) is 5.82 Å². The van der Waals surface area contributed by atoms with Gasteiger partial charge >= 0.3 is 0 Å². The second kappa shape index (κ2) is 13.1. The van der Waals surface area contributed by atoms with E-state index in [-0.39, 0.29) is 54.2 Å². The van der Waals surface area contributed by atoms with Gasteiger partial charge in [0.15, 0.2) is 0 Å². The van der Waals surface area contributed by atoms with Crippen LogP contribution in [0, 0.1) is 24.6 Å². The van der Waals surface area contributed by atoms with Gasteiger partial charge in [-0.1, -0.05) is 19.1 Å². The summed E-state index contributed by atoms with van der Waals surface area (Å²) in [4.78, 5) is 30.8. The Morgan fingerprint density at radius 3 is 2.55 bits per heavy atom. The number of amides is 2. The van der Waals surface area contributed by atoms with E-state index < -0.39 is 0 Å². The molecule has 3 atom stereocenters. The molecule has 42 heavy (non-hydrogen) atoms. The minimum absolute atomic E-state index is 0.0207. The number of nitrogens with zero attached hydrogens (tertiary/aromatic N) is 2. The van der Waals surface area contributed by atoms with Gasteiger partial charge in [-0.05, 0) is 80.8 Å². The molecule has 3 aliphatic rings. The van der Waals surface area contributed by atoms with Crippen LogP contribution in [0.25, 0.3) is 11.1 Å². The molecule has 8 nitrogen and oxygen atoms in total. The number of aliphatic hydroxyl groups is 1. The molecule has 5 rings (SSSR count). The number of ether oxygens (including phenoxy) is 1. The average Bonchev–Trinajstić information content (AvgIpc) is 2.94. The van der Waals surface area contributed by atoms with E-state index in [1.165, 1.54) is 0 Å². The van der Waals surface area contributed by atoms with Crippen LogP contribution in [-0.4, -0.2) is 79.4 Å². The highest BCUT2D eigenvalue weighted by molar-refractivity contribution is 5.99. The van der Waals surface area contributed by atoms with Crippen molar-refractivity contribution in [3.63, 3.8) is 0 Å². The fraction of sp³-hybridized carbons (Fsp3) is 0.576. The zero-order chi connectivity index (χ0) is 30.0. The Kier molecular flexibility index (Phi) is 9.50. The van der Waals surface area contributed by atoms with E-state index in [0.29, 0.717) is 49.5 Å². The van der Waals surface area contributed by atoms with Crippen molar-refractivity contribution in [2.24, 2.45) is 11.8 Å². The van der Waals surface area contributed by atoms with E-state index in [2.05, 4.69) is 35.4 Å². The highest BCUT2D eigenvalue weighted by atomic mass is 19.1. The van der Waals surface area contributed by atoms with Crippen LogP contribution in [0.15, 0.2) is 30.3 Å². The van der Waals surface area contributed by atoms with Crippen molar-refractivity contribution in [3.8, 4) is 11.1 Å². The number of carbonyl (C=O) groups excluding carboxylic acids is 2. The second-order valence-electron chi connectivity index (χ2n) is 12.4. The Morgan fingerprint density at radius 1 is 1.17 bits per heavy atom. The summed E-state index contributed by atoms with van der Waals surface area (Å²) in [5.74, 6) is -0.664. The lowest BCUT2D eigenvalue weighted by Crippen LogP contribution is -2.50. The maximum atomic E-state index is 15.3. The van der Waals surface area contributed by atoms with Crippen molar-refractivity contribution in [1.29, 1.82) is 0 Å². The number of nitrogens with one attached hydrogen (secondary N) is 2. The Bertz CT molecular complexity index is 1290. The van der Waals surface area contributed by atoms with Crippen molar-refractivity contribution in [1.82, 2.24) is 15.5 Å². The van der Waals surface area contributed by atoms with Crippen LogP contribution in [-0.2, 0) is 16.1 Å². The summed E-state index contributed by atoms with van der Waals surface area (Å²) >= 11 is 0. The molecule has 9 heteroatoms. The molecule has 3 N–H and O–H groups in total. The van der Waals surface area contributed by atoms with E-state index in [1.807, 2.05) is 30.9 Å². The lowest BCUT2D eigenvalue weighted by molar-refractivity contribution is -0.129. The zero-order valence-corrected chi connectivity index (χ0v) is 25.3. The van der Waals surface area contributed by atoms with Crippen molar-refractivity contribution in [2.45, 2.75) is 71.7 Å². The number of piperidine rings is 1. The van der Waals surface area contributed by atoms with Crippen LogP contribution < -0.4 is 15.5 Å². The fourth-order valence-corrected chi connectivity index (χ4v) is 6.77. The number of rotatable bonds is 9. The lowest BCUT2D eigenvalue weighted by Gasteiger charge is -2.37. The minimum atomic E-state index is -0.334. The predicted molar refractivity (Wildman–Crippen MR) is 162 cm³/mol. The van der Waals surface area contributed by atoms with Crippen LogP contribution in [0.2, 0.25) is 0 Å². The first-order chi connectivity index (χ1) is 20.1. The Balaban J connectivity index is 1.45. The lowest BCUT2D eigenvalue weighted by atomic mass is 9.84. The molecule has 228 valence electrons. The number of anilines is 1. The molecule has 0 aliphatic carbocycles. The third-order valence-corrected chi connectivity index (χ3v) is 9.25. The molecule has 3 fully saturated rings. The molecule has 3 heterocycles. The smallest absolute Gasteiger partial charge is 0.251 e. The number of aliphatic hydroxyl groups excluding tert-OH is 1. The summed E-state index contributed by atoms with van der Waals surface area (Å²) in [6, 6.07) is 9.59. The number of likely N-dealkylation sites (tertiary alicyclic amines) is 1. The van der Waals surface area contributed by atoms with Gasteiger partial charge in [0, 0.05) is 74.8 Å². The first-order valence-electron chi connectivity index (χ1n) is 15.4. The van der Waals surface area contributed by atoms with Crippen molar-refractivity contribution >= 4 is 17.5 Å². The maximum Gasteiger partial charge on any atom is 0.251 e. The molecule has 0 saturated carbocycles. The monoisotopic (exact) mass is 580 g/mol. The number of hydrogen-bond donors (Lipinski definition) is 3. The largest absolute Gasteiger partial charge is 0.390 e. The van der Waals surface area contributed by atoms with Crippen LogP contribution in [0.3, 0.4) is 0 Å². The zero-order valence-electron chi connectivity index (χ0n) is 25.3. The molecule has 3 saturated heterocycles. The van der Waals surface area contributed by atoms with Gasteiger partial charge in [-0.2, -0.15) is 0 Å². The summed E-state index contributed by atoms with van der Waals surface area (Å²) < 4.78 is 20.9. The molecule has 2 aromatic carbocycles. The van der Waals surface area contributed by atoms with Crippen LogP contribution in [0.5, 0.6) is 0 Å². The average molecular weight is 581 g/mol. The molecule has 0 radical (unpaired) electrons. The number of halogens is 1. The van der Waals surface area contributed by atoms with Gasteiger partial charge < -0.3 is 25.4 Å². The van der Waals surface area contributed by atoms with Crippen LogP contribution in [0.4, 0.5) is 10.1 Å². The van der Waals surface area contributed by atoms with Crippen molar-refractivity contribution < 1.29 is 23.8 Å². The summed E-state index contributed by atoms with van der Waals surface area (Å²) in [6.07, 6.45) is 2.35. The maximum absolute atomic E-state index is 15.3. The first-order valence-corrected chi connectivity index (χ1v) is 15.4. The minimum Gasteiger partial charge on any atom is -0.390 e. The molecule has 2 amide bonds. The third kappa shape index (κ3) is 6.63. The molecular formula is C33H45FN4O4. The molecular weight excluding hydrogens is 535 g/mol. The van der Waals surface area contributed by atoms with E-state index >= 15 is 4.39 Å². The molecule has 3 unspecified atom stereocenters. The topological polar surface area (TPSA) is 94.1 Å². The van der Waals surface area contributed by atoms with Gasteiger partial charge in [-0.15, -0.1) is 0 Å². The number of carbonyl (C=O) groups is 2. The highest BCUT2D eigenvalue weighted by Crippen LogP contribution is 2.35. The van der Waals surface area contributed by atoms with Crippen LogP contribution in [0.1, 0.15) is 61.5 Å². The predicted octanol–water partition coefficient (Wildman–Crippen LogP) is 3.87. The van der Waals surface area contributed by atoms with Crippen molar-refractivity contribution in [2.75, 3.05) is 44.3 Å². The molecule has 0 spiro atoms. The van der Waals surface area contributed by atoms with Gasteiger partial charge in [-0.25, -0.2) is 4.39 Å². The molecule has 3 aliphatic heterocycles. The number of benzene rings is 2. The van der Waals surface area contributed by atoms with E-state index in [9.17, 15) is 14.7 Å². The van der Waals surface area contributed by atoms with Gasteiger partial charge in [0.05, 0.1) is 12.0 Å². The molecule has 0 bridgehead atoms. The third-order valence-electron chi connectivity index (χ3n) is 9.25. The SMILES string of the molecule is CCN(c1cc(-c2ccc(CN3CC(O)C3)c(F)c2)cc(C(=O)NCC2C(=O)NC(C)CC2C)c1C)C1CCOCC1. The summed E-state index contributed by atoms with van der Waals surface area (Å²) in [6.45, 7) is 12.2. The van der Waals surface area contributed by atoms with Gasteiger partial charge in [0.25, 0.3) is 5.91 Å². The van der Waals surface area contributed by atoms with Gasteiger partial charge in [-0.3, -0.25) is 14.5 Å². The summed E-state index contributed by atoms with van der Waals surface area (Å²) in [5, 5.41) is 15.6. The highest BCUT2D eigenvalue weighted by Gasteiger charge is 2.33. The molecule has 2 aromatic rings. The molecule has 0 aromatic heterocycles. The number of hydrogen-bond acceptors (Lipinski definition) is 6. The quantitative estimate of drug-likeness (QED) is 0.417. The van der Waals surface area contributed by atoms with Crippen LogP contribution >= 0.6 is 0 Å². The van der Waals surface area contributed by atoms with E-state index in [1.54, 1.807) is 12.1 Å².